The molecule has 1 saturated carbocycles. The molecule has 2 unspecified atom stereocenters. The highest BCUT2D eigenvalue weighted by molar-refractivity contribution is 5.91. The van der Waals surface area contributed by atoms with Gasteiger partial charge in [0.1, 0.15) is 6.04 Å². The van der Waals surface area contributed by atoms with Gasteiger partial charge in [0.15, 0.2) is 0 Å². The zero-order chi connectivity index (χ0) is 14.9. The lowest BCUT2D eigenvalue weighted by Gasteiger charge is -2.34. The smallest absolute Gasteiger partial charge is 0.243 e. The highest BCUT2D eigenvalue weighted by Gasteiger charge is 2.47. The van der Waals surface area contributed by atoms with E-state index in [0.717, 1.165) is 64.6 Å². The first-order valence-electron chi connectivity index (χ1n) is 8.48. The molecule has 0 aromatic carbocycles. The molecule has 3 aliphatic rings. The largest absolute Gasteiger partial charge is 0.352 e. The van der Waals surface area contributed by atoms with Crippen molar-refractivity contribution in [1.29, 1.82) is 0 Å². The van der Waals surface area contributed by atoms with Crippen molar-refractivity contribution in [3.8, 4) is 0 Å². The van der Waals surface area contributed by atoms with Crippen molar-refractivity contribution in [2.24, 2.45) is 5.41 Å². The van der Waals surface area contributed by atoms with E-state index in [-0.39, 0.29) is 23.3 Å². The van der Waals surface area contributed by atoms with E-state index in [9.17, 15) is 9.59 Å². The summed E-state index contributed by atoms with van der Waals surface area (Å²) >= 11 is 0. The van der Waals surface area contributed by atoms with E-state index < -0.39 is 0 Å². The van der Waals surface area contributed by atoms with Gasteiger partial charge in [0, 0.05) is 19.1 Å². The Hall–Kier alpha value is -1.10. The molecule has 3 rings (SSSR count). The maximum Gasteiger partial charge on any atom is 0.243 e. The number of nitrogens with zero attached hydrogens (tertiary/aromatic N) is 1. The van der Waals surface area contributed by atoms with Crippen LogP contribution >= 0.6 is 0 Å². The molecule has 5 heteroatoms. The number of nitrogens with one attached hydrogen (secondary N) is 2. The predicted octanol–water partition coefficient (Wildman–Crippen LogP) is 1.04. The molecule has 0 radical (unpaired) electrons. The van der Waals surface area contributed by atoms with Gasteiger partial charge in [-0.05, 0) is 45.1 Å². The minimum absolute atomic E-state index is 0.0703. The molecule has 21 heavy (non-hydrogen) atoms. The van der Waals surface area contributed by atoms with Crippen molar-refractivity contribution in [1.82, 2.24) is 15.5 Å². The van der Waals surface area contributed by atoms with Gasteiger partial charge in [0.05, 0.1) is 5.41 Å². The molecule has 2 aliphatic heterocycles. The van der Waals surface area contributed by atoms with E-state index >= 15 is 0 Å². The van der Waals surface area contributed by atoms with Gasteiger partial charge in [-0.1, -0.05) is 13.3 Å². The lowest BCUT2D eigenvalue weighted by Crippen LogP contribution is -2.52. The van der Waals surface area contributed by atoms with Crippen molar-refractivity contribution in [3.05, 3.63) is 0 Å². The van der Waals surface area contributed by atoms with Crippen LogP contribution in [0.5, 0.6) is 0 Å². The summed E-state index contributed by atoms with van der Waals surface area (Å²) in [6.45, 7) is 4.56. The maximum absolute atomic E-state index is 13.1. The number of rotatable bonds is 5. The van der Waals surface area contributed by atoms with Crippen LogP contribution in [0.1, 0.15) is 51.9 Å². The lowest BCUT2D eigenvalue weighted by molar-refractivity contribution is -0.146. The number of carbonyl (C=O) groups excluding carboxylic acids is 2. The van der Waals surface area contributed by atoms with E-state index in [1.54, 1.807) is 0 Å². The molecule has 2 N–H and O–H groups in total. The average Bonchev–Trinajstić information content (AvgIpc) is 2.98. The molecule has 0 aromatic rings. The maximum atomic E-state index is 13.1. The minimum Gasteiger partial charge on any atom is -0.352 e. The highest BCUT2D eigenvalue weighted by Crippen LogP contribution is 2.36. The molecule has 1 aliphatic carbocycles. The minimum atomic E-state index is -0.267. The fourth-order valence-electron chi connectivity index (χ4n) is 3.84. The van der Waals surface area contributed by atoms with Crippen LogP contribution in [0.3, 0.4) is 0 Å². The number of hydrogen-bond donors (Lipinski definition) is 2. The normalized spacial score (nSPS) is 32.4. The third kappa shape index (κ3) is 2.93. The second-order valence-electron chi connectivity index (χ2n) is 6.90. The Kier molecular flexibility index (Phi) is 4.20. The Balaban J connectivity index is 1.70. The van der Waals surface area contributed by atoms with Crippen molar-refractivity contribution >= 4 is 11.8 Å². The number of carbonyl (C=O) groups is 2. The van der Waals surface area contributed by atoms with Gasteiger partial charge in [-0.25, -0.2) is 0 Å². The topological polar surface area (TPSA) is 61.4 Å². The molecular formula is C16H27N3O2. The Bertz CT molecular complexity index is 414. The van der Waals surface area contributed by atoms with Crippen molar-refractivity contribution < 1.29 is 9.59 Å². The summed E-state index contributed by atoms with van der Waals surface area (Å²) in [7, 11) is 0. The van der Waals surface area contributed by atoms with Crippen LogP contribution in [0.4, 0.5) is 0 Å². The van der Waals surface area contributed by atoms with Crippen LogP contribution in [0, 0.1) is 5.41 Å². The quantitative estimate of drug-likeness (QED) is 0.796. The fraction of sp³-hybridized carbons (Fsp3) is 0.875. The molecule has 5 nitrogen and oxygen atoms in total. The van der Waals surface area contributed by atoms with Gasteiger partial charge in [-0.2, -0.15) is 0 Å². The molecule has 3 fully saturated rings. The van der Waals surface area contributed by atoms with Crippen LogP contribution in [-0.4, -0.2) is 48.4 Å². The zero-order valence-electron chi connectivity index (χ0n) is 13.0. The van der Waals surface area contributed by atoms with Crippen LogP contribution < -0.4 is 10.6 Å². The zero-order valence-corrected chi connectivity index (χ0v) is 13.0. The Morgan fingerprint density at radius 2 is 2.14 bits per heavy atom. The summed E-state index contributed by atoms with van der Waals surface area (Å²) in [5, 5.41) is 6.41. The van der Waals surface area contributed by atoms with Gasteiger partial charge in [0.25, 0.3) is 0 Å². The highest BCUT2D eigenvalue weighted by atomic mass is 16.2. The predicted molar refractivity (Wildman–Crippen MR) is 80.7 cm³/mol. The summed E-state index contributed by atoms with van der Waals surface area (Å²) in [6, 6.07) is 0.139. The van der Waals surface area contributed by atoms with Crippen LogP contribution in [0.2, 0.25) is 0 Å². The molecule has 118 valence electrons. The Labute approximate surface area is 126 Å². The molecule has 2 atom stereocenters. The van der Waals surface area contributed by atoms with E-state index in [2.05, 4.69) is 17.6 Å². The first-order chi connectivity index (χ1) is 10.2. The fourth-order valence-corrected chi connectivity index (χ4v) is 3.84. The molecule has 2 heterocycles. The molecule has 2 amide bonds. The third-order valence-corrected chi connectivity index (χ3v) is 5.17. The van der Waals surface area contributed by atoms with E-state index in [1.807, 2.05) is 4.90 Å². The molecule has 0 spiro atoms. The molecule has 0 aromatic heterocycles. The number of amides is 2. The van der Waals surface area contributed by atoms with Gasteiger partial charge < -0.3 is 15.5 Å². The van der Waals surface area contributed by atoms with Gasteiger partial charge in [-0.3, -0.25) is 9.59 Å². The Morgan fingerprint density at radius 3 is 2.76 bits per heavy atom. The summed E-state index contributed by atoms with van der Waals surface area (Å²) in [6.07, 6.45) is 6.80. The van der Waals surface area contributed by atoms with Crippen LogP contribution in [-0.2, 0) is 9.59 Å². The molecule has 2 saturated heterocycles. The van der Waals surface area contributed by atoms with E-state index in [4.69, 9.17) is 0 Å². The standard InChI is InChI=1S/C16H27N3O2/c1-2-7-16(8-9-17-11-16)15(21)19-10-3-4-13(19)14(20)18-12-5-6-12/h12-13,17H,2-11H2,1H3,(H,18,20). The van der Waals surface area contributed by atoms with Crippen molar-refractivity contribution in [2.45, 2.75) is 64.0 Å². The van der Waals surface area contributed by atoms with E-state index in [1.165, 1.54) is 0 Å². The summed E-state index contributed by atoms with van der Waals surface area (Å²) in [5.74, 6) is 0.281. The summed E-state index contributed by atoms with van der Waals surface area (Å²) in [4.78, 5) is 27.3. The second-order valence-corrected chi connectivity index (χ2v) is 6.90. The SMILES string of the molecule is CCCC1(C(=O)N2CCCC2C(=O)NC2CC2)CCNC1. The third-order valence-electron chi connectivity index (χ3n) is 5.17. The van der Waals surface area contributed by atoms with Crippen LogP contribution in [0.15, 0.2) is 0 Å². The first-order valence-corrected chi connectivity index (χ1v) is 8.48. The van der Waals surface area contributed by atoms with Crippen molar-refractivity contribution in [2.75, 3.05) is 19.6 Å². The monoisotopic (exact) mass is 293 g/mol. The van der Waals surface area contributed by atoms with Gasteiger partial charge in [-0.15, -0.1) is 0 Å². The summed E-state index contributed by atoms with van der Waals surface area (Å²) in [5.41, 5.74) is -0.267. The van der Waals surface area contributed by atoms with Gasteiger partial charge in [0.2, 0.25) is 11.8 Å². The Morgan fingerprint density at radius 1 is 1.33 bits per heavy atom. The van der Waals surface area contributed by atoms with E-state index in [0.29, 0.717) is 6.04 Å². The molecule has 0 bridgehead atoms. The van der Waals surface area contributed by atoms with Crippen LogP contribution in [0.25, 0.3) is 0 Å². The molecular weight excluding hydrogens is 266 g/mol. The van der Waals surface area contributed by atoms with Crippen molar-refractivity contribution in [3.63, 3.8) is 0 Å². The van der Waals surface area contributed by atoms with Gasteiger partial charge >= 0.3 is 0 Å². The first kappa shape index (κ1) is 14.8. The number of hydrogen-bond acceptors (Lipinski definition) is 3. The number of likely N-dealkylation sites (tertiary alicyclic amines) is 1. The lowest BCUT2D eigenvalue weighted by atomic mass is 9.81. The average molecular weight is 293 g/mol. The second kappa shape index (κ2) is 5.95. The summed E-state index contributed by atoms with van der Waals surface area (Å²) < 4.78 is 0.